The van der Waals surface area contributed by atoms with E-state index in [2.05, 4.69) is 53.9 Å². The van der Waals surface area contributed by atoms with Crippen LogP contribution in [0.3, 0.4) is 0 Å². The topological polar surface area (TPSA) is 0 Å². The van der Waals surface area contributed by atoms with Crippen LogP contribution in [0.5, 0.6) is 0 Å². The van der Waals surface area contributed by atoms with Gasteiger partial charge >= 0.3 is 0 Å². The molecule has 3 aromatic rings. The molecule has 0 aliphatic rings. The van der Waals surface area contributed by atoms with E-state index in [4.69, 9.17) is 11.6 Å². The Hall–Kier alpha value is -1.57. The molecule has 0 aliphatic heterocycles. The van der Waals surface area contributed by atoms with Crippen molar-refractivity contribution in [1.82, 2.24) is 0 Å². The van der Waals surface area contributed by atoms with Crippen molar-refractivity contribution in [2.75, 3.05) is 0 Å². The summed E-state index contributed by atoms with van der Waals surface area (Å²) in [6.07, 6.45) is 0. The van der Waals surface area contributed by atoms with Crippen LogP contribution in [0, 0.1) is 0 Å². The second kappa shape index (κ2) is 4.97. The van der Waals surface area contributed by atoms with Gasteiger partial charge in [-0.3, -0.25) is 0 Å². The van der Waals surface area contributed by atoms with E-state index in [1.807, 2.05) is 12.1 Å². The summed E-state index contributed by atoms with van der Waals surface area (Å²) >= 11 is 7.67. The van der Waals surface area contributed by atoms with Gasteiger partial charge in [-0.15, -0.1) is 11.3 Å². The van der Waals surface area contributed by atoms with Gasteiger partial charge in [0.25, 0.3) is 0 Å². The molecule has 0 spiro atoms. The largest absolute Gasteiger partial charge is 0.144 e. The molecule has 0 saturated heterocycles. The fourth-order valence-electron chi connectivity index (χ4n) is 1.94. The normalized spacial score (nSPS) is 10.5. The van der Waals surface area contributed by atoms with Gasteiger partial charge in [-0.2, -0.15) is 0 Å². The minimum Gasteiger partial charge on any atom is -0.144 e. The van der Waals surface area contributed by atoms with E-state index in [1.54, 1.807) is 11.3 Å². The molecule has 3 rings (SSSR count). The fourth-order valence-corrected chi connectivity index (χ4v) is 2.79. The van der Waals surface area contributed by atoms with Crippen LogP contribution in [-0.4, -0.2) is 0 Å². The monoisotopic (exact) mass is 270 g/mol. The number of hydrogen-bond donors (Lipinski definition) is 0. The van der Waals surface area contributed by atoms with Crippen molar-refractivity contribution in [3.05, 3.63) is 71.1 Å². The first-order valence-corrected chi connectivity index (χ1v) is 6.98. The predicted octanol–water partition coefficient (Wildman–Crippen LogP) is 5.74. The maximum absolute atomic E-state index is 5.91. The SMILES string of the molecule is Clc1ccc(-c2cccc(-c3cccs3)c2)cc1. The molecule has 88 valence electrons. The van der Waals surface area contributed by atoms with Crippen LogP contribution in [0.25, 0.3) is 21.6 Å². The Morgan fingerprint density at radius 1 is 0.722 bits per heavy atom. The number of thiophene rings is 1. The Bertz CT molecular complexity index is 639. The third kappa shape index (κ3) is 2.33. The Kier molecular flexibility index (Phi) is 3.18. The molecular formula is C16H11ClS. The highest BCUT2D eigenvalue weighted by atomic mass is 35.5. The Balaban J connectivity index is 2.03. The lowest BCUT2D eigenvalue weighted by Crippen LogP contribution is -1.79. The second-order valence-electron chi connectivity index (χ2n) is 4.06. The molecule has 0 fully saturated rings. The first-order chi connectivity index (χ1) is 8.83. The number of halogens is 1. The molecule has 0 nitrogen and oxygen atoms in total. The zero-order valence-electron chi connectivity index (χ0n) is 9.64. The first kappa shape index (κ1) is 11.5. The van der Waals surface area contributed by atoms with Gasteiger partial charge in [0.15, 0.2) is 0 Å². The van der Waals surface area contributed by atoms with Gasteiger partial charge in [-0.05, 0) is 46.3 Å². The summed E-state index contributed by atoms with van der Waals surface area (Å²) in [4.78, 5) is 1.30. The highest BCUT2D eigenvalue weighted by Gasteiger charge is 2.02. The molecule has 2 heteroatoms. The standard InChI is InChI=1S/C16H11ClS/c17-15-8-6-12(7-9-15)13-3-1-4-14(11-13)16-5-2-10-18-16/h1-11H. The summed E-state index contributed by atoms with van der Waals surface area (Å²) in [5.41, 5.74) is 3.67. The summed E-state index contributed by atoms with van der Waals surface area (Å²) in [6.45, 7) is 0. The molecule has 0 unspecified atom stereocenters. The van der Waals surface area contributed by atoms with Crippen LogP contribution in [0.1, 0.15) is 0 Å². The van der Waals surface area contributed by atoms with Crippen molar-refractivity contribution in [3.63, 3.8) is 0 Å². The van der Waals surface area contributed by atoms with Crippen LogP contribution in [0.2, 0.25) is 5.02 Å². The minimum absolute atomic E-state index is 0.771. The molecule has 0 bridgehead atoms. The zero-order valence-corrected chi connectivity index (χ0v) is 11.2. The van der Waals surface area contributed by atoms with Gasteiger partial charge in [0.1, 0.15) is 0 Å². The van der Waals surface area contributed by atoms with E-state index < -0.39 is 0 Å². The average Bonchev–Trinajstić information content (AvgIpc) is 2.94. The summed E-state index contributed by atoms with van der Waals surface area (Å²) in [5, 5.41) is 2.87. The molecule has 0 saturated carbocycles. The molecule has 0 aliphatic carbocycles. The van der Waals surface area contributed by atoms with E-state index in [0.29, 0.717) is 0 Å². The van der Waals surface area contributed by atoms with Crippen LogP contribution in [0.15, 0.2) is 66.0 Å². The lowest BCUT2D eigenvalue weighted by molar-refractivity contribution is 1.62. The lowest BCUT2D eigenvalue weighted by Gasteiger charge is -2.04. The Labute approximate surface area is 115 Å². The summed E-state index contributed by atoms with van der Waals surface area (Å²) in [5.74, 6) is 0. The van der Waals surface area contributed by atoms with Gasteiger partial charge in [-0.25, -0.2) is 0 Å². The molecule has 0 amide bonds. The van der Waals surface area contributed by atoms with Gasteiger partial charge in [0, 0.05) is 9.90 Å². The highest BCUT2D eigenvalue weighted by Crippen LogP contribution is 2.29. The summed E-state index contributed by atoms with van der Waals surface area (Å²) in [7, 11) is 0. The van der Waals surface area contributed by atoms with Crippen molar-refractivity contribution < 1.29 is 0 Å². The Morgan fingerprint density at radius 3 is 2.22 bits per heavy atom. The fraction of sp³-hybridized carbons (Fsp3) is 0. The van der Waals surface area contributed by atoms with Gasteiger partial charge in [0.2, 0.25) is 0 Å². The molecule has 0 radical (unpaired) electrons. The predicted molar refractivity (Wildman–Crippen MR) is 80.2 cm³/mol. The maximum atomic E-state index is 5.91. The number of rotatable bonds is 2. The third-order valence-corrected chi connectivity index (χ3v) is 4.02. The van der Waals surface area contributed by atoms with Crippen molar-refractivity contribution in [1.29, 1.82) is 0 Å². The Morgan fingerprint density at radius 2 is 1.50 bits per heavy atom. The lowest BCUT2D eigenvalue weighted by atomic mass is 10.0. The second-order valence-corrected chi connectivity index (χ2v) is 5.45. The van der Waals surface area contributed by atoms with Crippen LogP contribution in [0.4, 0.5) is 0 Å². The first-order valence-electron chi connectivity index (χ1n) is 5.73. The number of benzene rings is 2. The van der Waals surface area contributed by atoms with Gasteiger partial charge < -0.3 is 0 Å². The average molecular weight is 271 g/mol. The molecule has 0 N–H and O–H groups in total. The number of hydrogen-bond acceptors (Lipinski definition) is 1. The van der Waals surface area contributed by atoms with E-state index in [1.165, 1.54) is 21.6 Å². The van der Waals surface area contributed by atoms with Crippen LogP contribution in [-0.2, 0) is 0 Å². The summed E-state index contributed by atoms with van der Waals surface area (Å²) in [6, 6.07) is 20.8. The summed E-state index contributed by atoms with van der Waals surface area (Å²) < 4.78 is 0. The highest BCUT2D eigenvalue weighted by molar-refractivity contribution is 7.13. The molecule has 1 heterocycles. The van der Waals surface area contributed by atoms with Crippen molar-refractivity contribution in [2.45, 2.75) is 0 Å². The van der Waals surface area contributed by atoms with Crippen molar-refractivity contribution in [2.24, 2.45) is 0 Å². The molecule has 1 aromatic heterocycles. The maximum Gasteiger partial charge on any atom is 0.0406 e. The van der Waals surface area contributed by atoms with E-state index >= 15 is 0 Å². The van der Waals surface area contributed by atoms with Crippen LogP contribution >= 0.6 is 22.9 Å². The van der Waals surface area contributed by atoms with E-state index in [0.717, 1.165) is 5.02 Å². The third-order valence-electron chi connectivity index (χ3n) is 2.85. The molecule has 18 heavy (non-hydrogen) atoms. The quantitative estimate of drug-likeness (QED) is 0.557. The van der Waals surface area contributed by atoms with E-state index in [9.17, 15) is 0 Å². The molecular weight excluding hydrogens is 260 g/mol. The van der Waals surface area contributed by atoms with Gasteiger partial charge in [-0.1, -0.05) is 48.0 Å². The van der Waals surface area contributed by atoms with Gasteiger partial charge in [0.05, 0.1) is 0 Å². The molecule has 2 aromatic carbocycles. The smallest absolute Gasteiger partial charge is 0.0406 e. The minimum atomic E-state index is 0.771. The van der Waals surface area contributed by atoms with E-state index in [-0.39, 0.29) is 0 Å². The molecule has 0 atom stereocenters. The zero-order chi connectivity index (χ0) is 12.4. The van der Waals surface area contributed by atoms with Crippen molar-refractivity contribution >= 4 is 22.9 Å². The van der Waals surface area contributed by atoms with Crippen molar-refractivity contribution in [3.8, 4) is 21.6 Å². The van der Waals surface area contributed by atoms with Crippen LogP contribution < -0.4 is 0 Å².